The number of anilines is 1. The van der Waals surface area contributed by atoms with Gasteiger partial charge in [-0.25, -0.2) is 15.0 Å². The van der Waals surface area contributed by atoms with Gasteiger partial charge in [0.15, 0.2) is 5.69 Å². The summed E-state index contributed by atoms with van der Waals surface area (Å²) in [5, 5.41) is 25.4. The summed E-state index contributed by atoms with van der Waals surface area (Å²) in [5.41, 5.74) is 0.555. The number of rotatable bonds is 6. The van der Waals surface area contributed by atoms with Crippen molar-refractivity contribution in [1.82, 2.24) is 15.0 Å². The molecule has 2 aromatic rings. The first-order valence-electron chi connectivity index (χ1n) is 8.07. The van der Waals surface area contributed by atoms with Crippen LogP contribution in [0.2, 0.25) is 0 Å². The number of nitrogens with zero attached hydrogens (tertiary/aromatic N) is 5. The van der Waals surface area contributed by atoms with Crippen molar-refractivity contribution in [3.05, 3.63) is 56.4 Å². The van der Waals surface area contributed by atoms with Crippen molar-refractivity contribution in [2.24, 2.45) is 0 Å². The highest BCUT2D eigenvalue weighted by molar-refractivity contribution is 5.78. The van der Waals surface area contributed by atoms with E-state index >= 15 is 0 Å². The predicted molar refractivity (Wildman–Crippen MR) is 97.0 cm³/mol. The number of nitro groups is 2. The van der Waals surface area contributed by atoms with Crippen molar-refractivity contribution in [3.8, 4) is 0 Å². The minimum atomic E-state index is -0.579. The molecule has 10 nitrogen and oxygen atoms in total. The third-order valence-corrected chi connectivity index (χ3v) is 3.91. The lowest BCUT2D eigenvalue weighted by Gasteiger charge is -2.17. The minimum Gasteiger partial charge on any atom is -0.371 e. The van der Waals surface area contributed by atoms with Gasteiger partial charge in [0.1, 0.15) is 19.0 Å². The summed E-state index contributed by atoms with van der Waals surface area (Å²) >= 11 is 0. The van der Waals surface area contributed by atoms with Crippen LogP contribution < -0.4 is 5.32 Å². The van der Waals surface area contributed by atoms with Gasteiger partial charge in [-0.05, 0) is 32.3 Å². The van der Waals surface area contributed by atoms with Crippen LogP contribution in [0.1, 0.15) is 37.8 Å². The maximum absolute atomic E-state index is 11.3. The molecule has 0 aliphatic heterocycles. The predicted octanol–water partition coefficient (Wildman–Crippen LogP) is 3.59. The third-order valence-electron chi connectivity index (χ3n) is 3.91. The second-order valence-electron chi connectivity index (χ2n) is 5.53. The van der Waals surface area contributed by atoms with Gasteiger partial charge in [-0.2, -0.15) is 0 Å². The van der Waals surface area contributed by atoms with Gasteiger partial charge in [0.25, 0.3) is 5.69 Å². The highest BCUT2D eigenvalue weighted by Crippen LogP contribution is 2.39. The quantitative estimate of drug-likeness (QED) is 0.608. The van der Waals surface area contributed by atoms with Crippen molar-refractivity contribution in [3.63, 3.8) is 0 Å². The summed E-state index contributed by atoms with van der Waals surface area (Å²) in [5.74, 6) is 0. The van der Waals surface area contributed by atoms with Gasteiger partial charge in [0.05, 0.1) is 9.85 Å². The first-order valence-corrected chi connectivity index (χ1v) is 8.07. The molecule has 26 heavy (non-hydrogen) atoms. The Labute approximate surface area is 151 Å². The highest BCUT2D eigenvalue weighted by Gasteiger charge is 2.30. The molecule has 10 heteroatoms. The summed E-state index contributed by atoms with van der Waals surface area (Å²) in [7, 11) is 0. The average Bonchev–Trinajstić information content (AvgIpc) is 2.63. The second kappa shape index (κ2) is 9.97. The molecule has 0 saturated heterocycles. The molecule has 1 heterocycles. The molecule has 0 unspecified atom stereocenters. The first kappa shape index (κ1) is 20.9. The van der Waals surface area contributed by atoms with Crippen LogP contribution in [0.3, 0.4) is 0 Å². The zero-order valence-electron chi connectivity index (χ0n) is 15.2. The largest absolute Gasteiger partial charge is 0.371 e. The van der Waals surface area contributed by atoms with E-state index in [0.717, 1.165) is 12.8 Å². The summed E-state index contributed by atoms with van der Waals surface area (Å²) in [4.78, 5) is 32.0. The van der Waals surface area contributed by atoms with Crippen molar-refractivity contribution >= 4 is 17.1 Å². The number of aromatic nitrogens is 3. The highest BCUT2D eigenvalue weighted by atomic mass is 16.6. The molecule has 0 aliphatic carbocycles. The monoisotopic (exact) mass is 362 g/mol. The number of aryl methyl sites for hydroxylation is 1. The third kappa shape index (κ3) is 5.43. The maximum atomic E-state index is 11.3. The lowest BCUT2D eigenvalue weighted by molar-refractivity contribution is -0.392. The molecular weight excluding hydrogens is 340 g/mol. The fourth-order valence-corrected chi connectivity index (χ4v) is 2.30. The Morgan fingerprint density at radius 1 is 1.00 bits per heavy atom. The van der Waals surface area contributed by atoms with Crippen LogP contribution in [0.4, 0.5) is 17.1 Å². The van der Waals surface area contributed by atoms with E-state index < -0.39 is 9.85 Å². The van der Waals surface area contributed by atoms with Crippen LogP contribution >= 0.6 is 0 Å². The Morgan fingerprint density at radius 3 is 1.85 bits per heavy atom. The number of hydrogen-bond acceptors (Lipinski definition) is 8. The van der Waals surface area contributed by atoms with Crippen molar-refractivity contribution in [2.75, 3.05) is 5.32 Å². The number of nitro benzene ring substituents is 2. The minimum absolute atomic E-state index is 0.0109. The van der Waals surface area contributed by atoms with Crippen LogP contribution in [0, 0.1) is 34.1 Å². The summed E-state index contributed by atoms with van der Waals surface area (Å²) < 4.78 is 0. The van der Waals surface area contributed by atoms with E-state index in [2.05, 4.69) is 20.3 Å². The molecule has 140 valence electrons. The lowest BCUT2D eigenvalue weighted by atomic mass is 10.0. The van der Waals surface area contributed by atoms with E-state index in [1.807, 2.05) is 13.8 Å². The Bertz CT molecular complexity index is 723. The molecule has 0 fully saturated rings. The Hall–Kier alpha value is -3.17. The molecule has 0 spiro atoms. The Morgan fingerprint density at radius 2 is 1.50 bits per heavy atom. The van der Waals surface area contributed by atoms with Gasteiger partial charge in [0.2, 0.25) is 0 Å². The van der Waals surface area contributed by atoms with Crippen molar-refractivity contribution in [1.29, 1.82) is 0 Å². The van der Waals surface area contributed by atoms with Gasteiger partial charge < -0.3 is 5.32 Å². The van der Waals surface area contributed by atoms with Crippen LogP contribution in [-0.2, 0) is 0 Å². The molecule has 0 aliphatic rings. The molecule has 0 atom stereocenters. The topological polar surface area (TPSA) is 137 Å². The van der Waals surface area contributed by atoms with Crippen LogP contribution in [-0.4, -0.2) is 30.8 Å². The fraction of sp³-hybridized carbons (Fsp3) is 0.438. The van der Waals surface area contributed by atoms with E-state index in [4.69, 9.17) is 0 Å². The molecule has 1 aromatic carbocycles. The van der Waals surface area contributed by atoms with Crippen molar-refractivity contribution < 1.29 is 9.85 Å². The van der Waals surface area contributed by atoms with E-state index in [0.29, 0.717) is 11.1 Å². The lowest BCUT2D eigenvalue weighted by Crippen LogP contribution is -2.19. The van der Waals surface area contributed by atoms with E-state index in [1.165, 1.54) is 25.0 Å². The second-order valence-corrected chi connectivity index (χ2v) is 5.53. The fourth-order valence-electron chi connectivity index (χ4n) is 2.30. The first-order chi connectivity index (χ1) is 12.3. The number of nitrogens with one attached hydrogen (secondary N) is 1. The Kier molecular flexibility index (Phi) is 8.00. The maximum Gasteiger partial charge on any atom is 0.302 e. The van der Waals surface area contributed by atoms with Gasteiger partial charge in [-0.3, -0.25) is 20.2 Å². The van der Waals surface area contributed by atoms with Crippen LogP contribution in [0.15, 0.2) is 25.0 Å². The molecule has 1 aromatic heterocycles. The van der Waals surface area contributed by atoms with Gasteiger partial charge in [0, 0.05) is 17.7 Å². The Balaban J connectivity index is 0.000000472. The molecule has 0 radical (unpaired) electrons. The molecule has 0 bridgehead atoms. The summed E-state index contributed by atoms with van der Waals surface area (Å²) in [6.07, 6.45) is 5.78. The normalized spacial score (nSPS) is 10.0. The van der Waals surface area contributed by atoms with E-state index in [9.17, 15) is 20.2 Å². The zero-order chi connectivity index (χ0) is 19.7. The van der Waals surface area contributed by atoms with Crippen LogP contribution in [0.25, 0.3) is 0 Å². The van der Waals surface area contributed by atoms with Crippen molar-refractivity contribution in [2.45, 2.75) is 46.6 Å². The molecule has 0 amide bonds. The van der Waals surface area contributed by atoms with Gasteiger partial charge >= 0.3 is 5.69 Å². The van der Waals surface area contributed by atoms with Crippen LogP contribution in [0.5, 0.6) is 0 Å². The molecular formula is C16H22N6O4. The molecule has 0 saturated carbocycles. The smallest absolute Gasteiger partial charge is 0.302 e. The SMILES string of the molecule is CCC(CC)Nc1c([N+](=O)[O-])cc(C)c(C)c1[N+](=O)[O-].c1ncncn1. The molecule has 2 rings (SSSR count). The average molecular weight is 362 g/mol. The van der Waals surface area contributed by atoms with Gasteiger partial charge in [-0.1, -0.05) is 13.8 Å². The standard InChI is InChI=1S/C13H19N3O4.C3H3N3/c1-5-10(6-2)14-12-11(15(17)18)7-8(3)9(4)13(12)16(19)20;1-4-2-6-3-5-1/h7,10,14H,5-6H2,1-4H3;1-3H. The van der Waals surface area contributed by atoms with E-state index in [-0.39, 0.29) is 23.1 Å². The zero-order valence-corrected chi connectivity index (χ0v) is 15.2. The summed E-state index contributed by atoms with van der Waals surface area (Å²) in [6.45, 7) is 7.10. The number of hydrogen-bond donors (Lipinski definition) is 1. The van der Waals surface area contributed by atoms with E-state index in [1.54, 1.807) is 13.8 Å². The molecule has 1 N–H and O–H groups in total. The van der Waals surface area contributed by atoms with Gasteiger partial charge in [-0.15, -0.1) is 0 Å². The summed E-state index contributed by atoms with van der Waals surface area (Å²) in [6, 6.07) is 1.35. The number of benzene rings is 1.